The molecule has 13 heteroatoms. The van der Waals surface area contributed by atoms with Gasteiger partial charge in [-0.25, -0.2) is 14.0 Å². The maximum atomic E-state index is 13.5. The maximum absolute atomic E-state index is 13.5. The Morgan fingerprint density at radius 1 is 1.18 bits per heavy atom. The summed E-state index contributed by atoms with van der Waals surface area (Å²) in [5, 5.41) is 2.44. The van der Waals surface area contributed by atoms with Crippen LogP contribution in [-0.2, 0) is 15.9 Å². The second-order valence-electron chi connectivity index (χ2n) is 8.12. The highest BCUT2D eigenvalue weighted by molar-refractivity contribution is 7.91. The van der Waals surface area contributed by atoms with Crippen LogP contribution in [0.15, 0.2) is 35.4 Å². The van der Waals surface area contributed by atoms with Crippen molar-refractivity contribution in [3.8, 4) is 0 Å². The van der Waals surface area contributed by atoms with Crippen LogP contribution < -0.4 is 10.2 Å². The molecule has 6 nitrogen and oxygen atoms in total. The molecule has 1 aromatic carbocycles. The van der Waals surface area contributed by atoms with Gasteiger partial charge in [0.2, 0.25) is 0 Å². The summed E-state index contributed by atoms with van der Waals surface area (Å²) in [5.41, 5.74) is -1.86. The molecule has 34 heavy (non-hydrogen) atoms. The Kier molecular flexibility index (Phi) is 6.89. The smallest absolute Gasteiger partial charge is 0.356 e. The minimum atomic E-state index is -4.80. The first-order chi connectivity index (χ1) is 15.6. The van der Waals surface area contributed by atoms with E-state index in [2.05, 4.69) is 10.3 Å². The van der Waals surface area contributed by atoms with Crippen molar-refractivity contribution in [3.63, 3.8) is 0 Å². The zero-order valence-corrected chi connectivity index (χ0v) is 19.0. The van der Waals surface area contributed by atoms with Crippen LogP contribution in [-0.4, -0.2) is 40.6 Å². The molecule has 1 atom stereocenters. The van der Waals surface area contributed by atoms with Gasteiger partial charge in [-0.1, -0.05) is 6.07 Å². The molecule has 0 bridgehead atoms. The van der Waals surface area contributed by atoms with Crippen molar-refractivity contribution in [2.75, 3.05) is 29.6 Å². The van der Waals surface area contributed by atoms with Crippen molar-refractivity contribution in [1.29, 1.82) is 4.78 Å². The van der Waals surface area contributed by atoms with Gasteiger partial charge in [-0.3, -0.25) is 4.79 Å². The average Bonchev–Trinajstić information content (AvgIpc) is 2.71. The van der Waals surface area contributed by atoms with Gasteiger partial charge in [0.15, 0.2) is 0 Å². The van der Waals surface area contributed by atoms with Crippen molar-refractivity contribution in [1.82, 2.24) is 4.98 Å². The summed E-state index contributed by atoms with van der Waals surface area (Å²) in [6.07, 6.45) is -7.98. The van der Waals surface area contributed by atoms with E-state index in [0.717, 1.165) is 6.92 Å². The third kappa shape index (κ3) is 5.62. The Hall–Kier alpha value is -2.83. The van der Waals surface area contributed by atoms with E-state index in [-0.39, 0.29) is 42.3 Å². The van der Waals surface area contributed by atoms with Gasteiger partial charge < -0.3 is 10.2 Å². The number of aromatic nitrogens is 1. The number of piperidine rings is 1. The van der Waals surface area contributed by atoms with Crippen molar-refractivity contribution >= 4 is 27.1 Å². The van der Waals surface area contributed by atoms with E-state index < -0.39 is 50.6 Å². The summed E-state index contributed by atoms with van der Waals surface area (Å²) in [4.78, 5) is 18.4. The highest BCUT2D eigenvalue weighted by atomic mass is 32.2. The van der Waals surface area contributed by atoms with Gasteiger partial charge in [-0.15, -0.1) is 0 Å². The van der Waals surface area contributed by atoms with Gasteiger partial charge in [-0.05, 0) is 43.5 Å². The number of anilines is 2. The molecular weight excluding hydrogens is 486 g/mol. The van der Waals surface area contributed by atoms with Crippen molar-refractivity contribution < 1.29 is 35.3 Å². The third-order valence-corrected chi connectivity index (χ3v) is 6.80. The number of hydrogen-bond donors (Lipinski definition) is 2. The van der Waals surface area contributed by atoms with Crippen LogP contribution in [0.5, 0.6) is 0 Å². The zero-order valence-electron chi connectivity index (χ0n) is 18.2. The standard InChI is InChI=1S/C21H22F6N4O2S/c1-12-16(21(25,26)27)11-29-18(31-8-6-13(7-9-31)20(22,23)24)17(12)19(32)30-14-4-3-5-15(10-14)34(2,28)33/h3-5,10-11,13,28H,6-9H2,1-2H3,(H,30,32)/t34-/m1/s1. The van der Waals surface area contributed by atoms with Crippen molar-refractivity contribution in [3.05, 3.63) is 47.2 Å². The first-order valence-corrected chi connectivity index (χ1v) is 12.1. The number of carbonyl (C=O) groups is 1. The average molecular weight is 508 g/mol. The highest BCUT2D eigenvalue weighted by Gasteiger charge is 2.42. The van der Waals surface area contributed by atoms with Crippen LogP contribution in [0.1, 0.15) is 34.3 Å². The quantitative estimate of drug-likeness (QED) is 0.536. The molecule has 1 aliphatic heterocycles. The van der Waals surface area contributed by atoms with Gasteiger partial charge >= 0.3 is 12.4 Å². The van der Waals surface area contributed by atoms with Gasteiger partial charge in [0.05, 0.1) is 26.8 Å². The number of halogens is 6. The zero-order chi connectivity index (χ0) is 25.5. The molecule has 186 valence electrons. The van der Waals surface area contributed by atoms with Crippen LogP contribution in [0.2, 0.25) is 0 Å². The summed E-state index contributed by atoms with van der Waals surface area (Å²) in [7, 11) is -3.12. The number of rotatable bonds is 4. The largest absolute Gasteiger partial charge is 0.418 e. The van der Waals surface area contributed by atoms with Crippen LogP contribution >= 0.6 is 0 Å². The fourth-order valence-corrected chi connectivity index (χ4v) is 4.51. The molecule has 0 saturated carbocycles. The third-order valence-electron chi connectivity index (χ3n) is 5.65. The van der Waals surface area contributed by atoms with E-state index in [1.54, 1.807) is 0 Å². The Labute approximate surface area is 192 Å². The summed E-state index contributed by atoms with van der Waals surface area (Å²) in [5.74, 6) is -2.62. The first kappa shape index (κ1) is 25.8. The lowest BCUT2D eigenvalue weighted by atomic mass is 9.95. The molecule has 2 N–H and O–H groups in total. The molecule has 0 radical (unpaired) electrons. The predicted octanol–water partition coefficient (Wildman–Crippen LogP) is 5.48. The summed E-state index contributed by atoms with van der Waals surface area (Å²) >= 11 is 0. The van der Waals surface area contributed by atoms with E-state index in [1.165, 1.54) is 35.4 Å². The molecule has 0 spiro atoms. The molecule has 0 aliphatic carbocycles. The molecule has 0 unspecified atom stereocenters. The molecule has 1 aliphatic rings. The fourth-order valence-electron chi connectivity index (χ4n) is 3.82. The van der Waals surface area contributed by atoms with E-state index in [9.17, 15) is 35.3 Å². The maximum Gasteiger partial charge on any atom is 0.418 e. The van der Waals surface area contributed by atoms with E-state index in [0.29, 0.717) is 6.20 Å². The topological polar surface area (TPSA) is 86.2 Å². The molecule has 2 heterocycles. The Bertz CT molecular complexity index is 1190. The number of pyridine rings is 1. The number of nitrogens with one attached hydrogen (secondary N) is 2. The monoisotopic (exact) mass is 508 g/mol. The minimum absolute atomic E-state index is 0.0999. The summed E-state index contributed by atoms with van der Waals surface area (Å²) in [6.45, 7) is 0.841. The Balaban J connectivity index is 2.00. The molecule has 1 saturated heterocycles. The first-order valence-electron chi connectivity index (χ1n) is 10.1. The summed E-state index contributed by atoms with van der Waals surface area (Å²) in [6, 6.07) is 5.54. The number of amides is 1. The number of alkyl halides is 6. The molecule has 1 aromatic heterocycles. The number of nitrogens with zero attached hydrogens (tertiary/aromatic N) is 2. The lowest BCUT2D eigenvalue weighted by molar-refractivity contribution is -0.179. The summed E-state index contributed by atoms with van der Waals surface area (Å²) < 4.78 is 99.2. The molecular formula is C21H22F6N4O2S. The van der Waals surface area contributed by atoms with Gasteiger partial charge in [-0.2, -0.15) is 26.3 Å². The van der Waals surface area contributed by atoms with Crippen molar-refractivity contribution in [2.24, 2.45) is 5.92 Å². The highest BCUT2D eigenvalue weighted by Crippen LogP contribution is 2.39. The van der Waals surface area contributed by atoms with Crippen LogP contribution in [0.4, 0.5) is 37.8 Å². The predicted molar refractivity (Wildman–Crippen MR) is 114 cm³/mol. The molecule has 3 rings (SSSR count). The lowest BCUT2D eigenvalue weighted by Crippen LogP contribution is -2.40. The van der Waals surface area contributed by atoms with Crippen LogP contribution in [0, 0.1) is 17.6 Å². The number of benzene rings is 1. The van der Waals surface area contributed by atoms with Gasteiger partial charge in [0.25, 0.3) is 5.91 Å². The normalized spacial score (nSPS) is 17.4. The van der Waals surface area contributed by atoms with Crippen LogP contribution in [0.3, 0.4) is 0 Å². The number of hydrogen-bond acceptors (Lipinski definition) is 5. The van der Waals surface area contributed by atoms with Crippen LogP contribution in [0.25, 0.3) is 0 Å². The van der Waals surface area contributed by atoms with Crippen molar-refractivity contribution in [2.45, 2.75) is 37.0 Å². The Morgan fingerprint density at radius 2 is 1.79 bits per heavy atom. The second-order valence-corrected chi connectivity index (χ2v) is 10.3. The van der Waals surface area contributed by atoms with Gasteiger partial charge in [0, 0.05) is 36.1 Å². The molecule has 1 fully saturated rings. The van der Waals surface area contributed by atoms with E-state index >= 15 is 0 Å². The lowest BCUT2D eigenvalue weighted by Gasteiger charge is -2.35. The second kappa shape index (κ2) is 9.08. The Morgan fingerprint density at radius 3 is 2.32 bits per heavy atom. The van der Waals surface area contributed by atoms with E-state index in [1.807, 2.05) is 0 Å². The SMILES string of the molecule is Cc1c(C(F)(F)F)cnc(N2CCC(C(F)(F)F)CC2)c1C(=O)Nc1cccc([S@](C)(=N)=O)c1. The number of carbonyl (C=O) groups excluding carboxylic acids is 1. The fraction of sp³-hybridized carbons (Fsp3) is 0.429. The molecule has 2 aromatic rings. The van der Waals surface area contributed by atoms with E-state index in [4.69, 9.17) is 4.78 Å². The molecule has 1 amide bonds. The van der Waals surface area contributed by atoms with Gasteiger partial charge in [0.1, 0.15) is 5.82 Å². The minimum Gasteiger partial charge on any atom is -0.356 e.